The number of carbonyl (C=O) groups excluding carboxylic acids is 1. The van der Waals surface area contributed by atoms with Crippen molar-refractivity contribution in [2.24, 2.45) is 0 Å². The van der Waals surface area contributed by atoms with Crippen molar-refractivity contribution in [3.05, 3.63) is 65.6 Å². The van der Waals surface area contributed by atoms with Crippen LogP contribution in [-0.2, 0) is 4.79 Å². The first-order valence-corrected chi connectivity index (χ1v) is 9.25. The Labute approximate surface area is 157 Å². The average molecular weight is 366 g/mol. The molecule has 0 aromatic heterocycles. The van der Waals surface area contributed by atoms with Crippen LogP contribution in [0.5, 0.6) is 0 Å². The summed E-state index contributed by atoms with van der Waals surface area (Å²) < 4.78 is 13.4. The Hall–Kier alpha value is -2.53. The molecule has 2 aromatic carbocycles. The maximum absolute atomic E-state index is 13.4. The van der Waals surface area contributed by atoms with Gasteiger partial charge in [-0.1, -0.05) is 49.2 Å². The number of halogens is 1. The Kier molecular flexibility index (Phi) is 4.55. The third kappa shape index (κ3) is 3.27. The molecular formula is C21H19FN2OS. The molecule has 1 saturated heterocycles. The molecule has 0 atom stereocenters. The molecule has 1 aliphatic carbocycles. The monoisotopic (exact) mass is 366 g/mol. The Morgan fingerprint density at radius 1 is 1.08 bits per heavy atom. The first-order valence-electron chi connectivity index (χ1n) is 8.84. The SMILES string of the molecule is O=C1/C(=C/c2ccc(-c3cccc(F)c3)cc2)NC(=S)N1C1CCCC1. The smallest absolute Gasteiger partial charge is 0.276 e. The fourth-order valence-corrected chi connectivity index (χ4v) is 3.99. The van der Waals surface area contributed by atoms with Crippen molar-refractivity contribution in [2.75, 3.05) is 0 Å². The number of thiocarbonyl (C=S) groups is 1. The zero-order valence-corrected chi connectivity index (χ0v) is 15.1. The second-order valence-corrected chi connectivity index (χ2v) is 7.12. The molecule has 4 rings (SSSR count). The molecule has 1 heterocycles. The van der Waals surface area contributed by atoms with Gasteiger partial charge in [0.05, 0.1) is 0 Å². The van der Waals surface area contributed by atoms with Crippen LogP contribution in [-0.4, -0.2) is 22.0 Å². The third-order valence-corrected chi connectivity index (χ3v) is 5.28. The number of rotatable bonds is 3. The van der Waals surface area contributed by atoms with E-state index in [1.165, 1.54) is 12.1 Å². The predicted molar refractivity (Wildman–Crippen MR) is 105 cm³/mol. The second kappa shape index (κ2) is 7.00. The largest absolute Gasteiger partial charge is 0.328 e. The van der Waals surface area contributed by atoms with Crippen LogP contribution in [0.2, 0.25) is 0 Å². The molecule has 0 bridgehead atoms. The summed E-state index contributed by atoms with van der Waals surface area (Å²) in [5.41, 5.74) is 3.17. The van der Waals surface area contributed by atoms with Gasteiger partial charge in [0, 0.05) is 6.04 Å². The van der Waals surface area contributed by atoms with E-state index in [0.717, 1.165) is 42.4 Å². The van der Waals surface area contributed by atoms with E-state index in [9.17, 15) is 9.18 Å². The molecule has 1 saturated carbocycles. The molecule has 132 valence electrons. The molecule has 5 heteroatoms. The van der Waals surface area contributed by atoms with E-state index in [-0.39, 0.29) is 17.8 Å². The highest BCUT2D eigenvalue weighted by Crippen LogP contribution is 2.28. The number of benzene rings is 2. The Bertz CT molecular complexity index is 885. The van der Waals surface area contributed by atoms with Crippen molar-refractivity contribution in [1.29, 1.82) is 0 Å². The summed E-state index contributed by atoms with van der Waals surface area (Å²) >= 11 is 5.36. The van der Waals surface area contributed by atoms with Gasteiger partial charge in [-0.25, -0.2) is 4.39 Å². The van der Waals surface area contributed by atoms with Gasteiger partial charge in [0.1, 0.15) is 11.5 Å². The molecule has 2 aromatic rings. The van der Waals surface area contributed by atoms with Gasteiger partial charge in [-0.15, -0.1) is 0 Å². The highest BCUT2D eigenvalue weighted by molar-refractivity contribution is 7.80. The molecule has 0 spiro atoms. The van der Waals surface area contributed by atoms with Crippen molar-refractivity contribution in [2.45, 2.75) is 31.7 Å². The number of nitrogens with zero attached hydrogens (tertiary/aromatic N) is 1. The van der Waals surface area contributed by atoms with Crippen LogP contribution in [0.25, 0.3) is 17.2 Å². The quantitative estimate of drug-likeness (QED) is 0.642. The topological polar surface area (TPSA) is 32.3 Å². The van der Waals surface area contributed by atoms with E-state index in [1.807, 2.05) is 36.4 Å². The first-order chi connectivity index (χ1) is 12.6. The predicted octanol–water partition coefficient (Wildman–Crippen LogP) is 4.49. The standard InChI is InChI=1S/C21H19FN2OS/c22-17-5-3-4-16(13-17)15-10-8-14(9-11-15)12-19-20(25)24(21(26)23-19)18-6-1-2-7-18/h3-5,8-13,18H,1-2,6-7H2,(H,23,26)/b19-12-. The zero-order chi connectivity index (χ0) is 18.1. The third-order valence-electron chi connectivity index (χ3n) is 4.98. The summed E-state index contributed by atoms with van der Waals surface area (Å²) in [6.45, 7) is 0. The van der Waals surface area contributed by atoms with Gasteiger partial charge < -0.3 is 5.32 Å². The minimum Gasteiger partial charge on any atom is -0.328 e. The van der Waals surface area contributed by atoms with Crippen LogP contribution < -0.4 is 5.32 Å². The second-order valence-electron chi connectivity index (χ2n) is 6.73. The van der Waals surface area contributed by atoms with Crippen LogP contribution in [0, 0.1) is 5.82 Å². The van der Waals surface area contributed by atoms with E-state index < -0.39 is 0 Å². The average Bonchev–Trinajstić information content (AvgIpc) is 3.24. The molecule has 26 heavy (non-hydrogen) atoms. The molecule has 0 radical (unpaired) electrons. The lowest BCUT2D eigenvalue weighted by molar-refractivity contribution is -0.123. The van der Waals surface area contributed by atoms with E-state index in [2.05, 4.69) is 5.32 Å². The number of hydrogen-bond donors (Lipinski definition) is 1. The van der Waals surface area contributed by atoms with Gasteiger partial charge in [0.15, 0.2) is 5.11 Å². The van der Waals surface area contributed by atoms with Crippen LogP contribution >= 0.6 is 12.2 Å². The molecule has 1 N–H and O–H groups in total. The lowest BCUT2D eigenvalue weighted by Gasteiger charge is -2.21. The molecule has 1 amide bonds. The van der Waals surface area contributed by atoms with Gasteiger partial charge in [-0.05, 0) is 60.0 Å². The lowest BCUT2D eigenvalue weighted by Crippen LogP contribution is -2.38. The number of carbonyl (C=O) groups is 1. The maximum Gasteiger partial charge on any atom is 0.276 e. The van der Waals surface area contributed by atoms with Gasteiger partial charge in [-0.2, -0.15) is 0 Å². The van der Waals surface area contributed by atoms with Gasteiger partial charge in [-0.3, -0.25) is 9.69 Å². The summed E-state index contributed by atoms with van der Waals surface area (Å²) in [6.07, 6.45) is 6.15. The Morgan fingerprint density at radius 2 is 1.81 bits per heavy atom. The highest BCUT2D eigenvalue weighted by atomic mass is 32.1. The summed E-state index contributed by atoms with van der Waals surface area (Å²) in [6, 6.07) is 14.4. The van der Waals surface area contributed by atoms with Gasteiger partial charge >= 0.3 is 0 Å². The van der Waals surface area contributed by atoms with Crippen LogP contribution in [0.1, 0.15) is 31.2 Å². The van der Waals surface area contributed by atoms with E-state index in [0.29, 0.717) is 10.8 Å². The Balaban J connectivity index is 1.55. The van der Waals surface area contributed by atoms with E-state index >= 15 is 0 Å². The normalized spacial score (nSPS) is 19.4. The minimum absolute atomic E-state index is 0.0453. The van der Waals surface area contributed by atoms with Gasteiger partial charge in [0.25, 0.3) is 5.91 Å². The fraction of sp³-hybridized carbons (Fsp3) is 0.238. The van der Waals surface area contributed by atoms with Gasteiger partial charge in [0.2, 0.25) is 0 Å². The van der Waals surface area contributed by atoms with Crippen molar-refractivity contribution >= 4 is 29.3 Å². The Morgan fingerprint density at radius 3 is 2.50 bits per heavy atom. The summed E-state index contributed by atoms with van der Waals surface area (Å²) in [7, 11) is 0. The maximum atomic E-state index is 13.4. The summed E-state index contributed by atoms with van der Waals surface area (Å²) in [5, 5.41) is 3.56. The molecule has 3 nitrogen and oxygen atoms in total. The van der Waals surface area contributed by atoms with Crippen molar-refractivity contribution in [3.8, 4) is 11.1 Å². The van der Waals surface area contributed by atoms with E-state index in [1.54, 1.807) is 11.0 Å². The lowest BCUT2D eigenvalue weighted by atomic mass is 10.0. The zero-order valence-electron chi connectivity index (χ0n) is 14.2. The molecule has 1 aliphatic heterocycles. The van der Waals surface area contributed by atoms with Crippen molar-refractivity contribution in [3.63, 3.8) is 0 Å². The summed E-state index contributed by atoms with van der Waals surface area (Å²) in [4.78, 5) is 14.4. The van der Waals surface area contributed by atoms with E-state index in [4.69, 9.17) is 12.2 Å². The molecule has 0 unspecified atom stereocenters. The van der Waals surface area contributed by atoms with Crippen molar-refractivity contribution in [1.82, 2.24) is 10.2 Å². The first kappa shape index (κ1) is 16.9. The van der Waals surface area contributed by atoms with Crippen molar-refractivity contribution < 1.29 is 9.18 Å². The highest BCUT2D eigenvalue weighted by Gasteiger charge is 2.37. The fourth-order valence-electron chi connectivity index (χ4n) is 3.65. The molecule has 2 aliphatic rings. The van der Waals surface area contributed by atoms with Crippen LogP contribution in [0.4, 0.5) is 4.39 Å². The summed E-state index contributed by atoms with van der Waals surface area (Å²) in [5.74, 6) is -0.300. The number of nitrogens with one attached hydrogen (secondary N) is 1. The molecule has 2 fully saturated rings. The minimum atomic E-state index is -0.255. The van der Waals surface area contributed by atoms with Crippen LogP contribution in [0.3, 0.4) is 0 Å². The number of hydrogen-bond acceptors (Lipinski definition) is 2. The molecular weight excluding hydrogens is 347 g/mol. The van der Waals surface area contributed by atoms with Crippen LogP contribution in [0.15, 0.2) is 54.2 Å². The number of amides is 1.